The summed E-state index contributed by atoms with van der Waals surface area (Å²) in [4.78, 5) is 0.150. The van der Waals surface area contributed by atoms with Crippen molar-refractivity contribution in [2.45, 2.75) is 25.0 Å². The maximum Gasteiger partial charge on any atom is 0.241 e. The fraction of sp³-hybridized carbons (Fsp3) is 0.308. The zero-order chi connectivity index (χ0) is 15.6. The summed E-state index contributed by atoms with van der Waals surface area (Å²) in [5.74, 6) is 0. The number of hydrogen-bond acceptors (Lipinski definition) is 4. The molecule has 2 aromatic rings. The molecular weight excluding hydrogens is 358 g/mol. The molecule has 1 aromatic carbocycles. The summed E-state index contributed by atoms with van der Waals surface area (Å²) in [6.07, 6.45) is 1.75. The van der Waals surface area contributed by atoms with E-state index < -0.39 is 10.0 Å². The van der Waals surface area contributed by atoms with E-state index in [1.54, 1.807) is 37.0 Å². The molecule has 21 heavy (non-hydrogen) atoms. The molecule has 114 valence electrons. The van der Waals surface area contributed by atoms with Crippen LogP contribution >= 0.6 is 15.9 Å². The second-order valence-corrected chi connectivity index (χ2v) is 7.25. The largest absolute Gasteiger partial charge is 0.392 e. The molecule has 0 amide bonds. The van der Waals surface area contributed by atoms with Crippen molar-refractivity contribution in [3.63, 3.8) is 0 Å². The number of aromatic nitrogens is 2. The summed E-state index contributed by atoms with van der Waals surface area (Å²) < 4.78 is 29.6. The Kier molecular flexibility index (Phi) is 4.82. The number of aliphatic hydroxyl groups excluding tert-OH is 1. The molecule has 0 saturated carbocycles. The molecular formula is C13H16BrN3O3S. The molecule has 2 rings (SSSR count). The van der Waals surface area contributed by atoms with Crippen molar-refractivity contribution in [1.29, 1.82) is 0 Å². The van der Waals surface area contributed by atoms with Crippen LogP contribution in [0.1, 0.15) is 16.8 Å². The lowest BCUT2D eigenvalue weighted by molar-refractivity contribution is 0.281. The number of nitrogens with one attached hydrogen (secondary N) is 1. The van der Waals surface area contributed by atoms with Gasteiger partial charge >= 0.3 is 0 Å². The van der Waals surface area contributed by atoms with Crippen LogP contribution in [-0.4, -0.2) is 23.3 Å². The van der Waals surface area contributed by atoms with Gasteiger partial charge < -0.3 is 5.11 Å². The number of halogens is 1. The van der Waals surface area contributed by atoms with Crippen LogP contribution < -0.4 is 4.72 Å². The van der Waals surface area contributed by atoms with E-state index in [0.717, 1.165) is 0 Å². The molecule has 0 aliphatic heterocycles. The number of aryl methyl sites for hydroxylation is 1. The van der Waals surface area contributed by atoms with Gasteiger partial charge in [-0.2, -0.15) is 5.10 Å². The first-order valence-corrected chi connectivity index (χ1v) is 8.49. The highest BCUT2D eigenvalue weighted by Gasteiger charge is 2.19. The number of sulfonamides is 1. The third-order valence-corrected chi connectivity index (χ3v) is 5.39. The van der Waals surface area contributed by atoms with Crippen LogP contribution in [-0.2, 0) is 30.2 Å². The van der Waals surface area contributed by atoms with Gasteiger partial charge in [0.25, 0.3) is 0 Å². The second kappa shape index (κ2) is 6.27. The van der Waals surface area contributed by atoms with Crippen molar-refractivity contribution >= 4 is 26.0 Å². The van der Waals surface area contributed by atoms with Gasteiger partial charge in [-0.15, -0.1) is 0 Å². The summed E-state index contributed by atoms with van der Waals surface area (Å²) in [5, 5.41) is 13.3. The standard InChI is InChI=1S/C13H16BrN3O3S/c1-9-12(14)5-10(8-18)6-13(9)21(19,20)15-7-11-3-4-17(2)16-11/h3-6,15,18H,7-8H2,1-2H3. The van der Waals surface area contributed by atoms with Crippen molar-refractivity contribution < 1.29 is 13.5 Å². The minimum absolute atomic E-state index is 0.115. The molecule has 0 fully saturated rings. The maximum atomic E-state index is 12.4. The number of nitrogens with zero attached hydrogens (tertiary/aromatic N) is 2. The van der Waals surface area contributed by atoms with Crippen molar-refractivity contribution in [3.05, 3.63) is 45.7 Å². The smallest absolute Gasteiger partial charge is 0.241 e. The fourth-order valence-electron chi connectivity index (χ4n) is 1.88. The Morgan fingerprint density at radius 1 is 1.43 bits per heavy atom. The minimum Gasteiger partial charge on any atom is -0.392 e. The molecule has 0 aliphatic carbocycles. The van der Waals surface area contributed by atoms with E-state index in [-0.39, 0.29) is 18.0 Å². The third-order valence-electron chi connectivity index (χ3n) is 3.04. The quantitative estimate of drug-likeness (QED) is 0.830. The van der Waals surface area contributed by atoms with Crippen LogP contribution in [0.4, 0.5) is 0 Å². The van der Waals surface area contributed by atoms with E-state index in [4.69, 9.17) is 0 Å². The highest BCUT2D eigenvalue weighted by atomic mass is 79.9. The molecule has 8 heteroatoms. The van der Waals surface area contributed by atoms with Crippen molar-refractivity contribution in [2.24, 2.45) is 7.05 Å². The average molecular weight is 374 g/mol. The topological polar surface area (TPSA) is 84.2 Å². The van der Waals surface area contributed by atoms with Gasteiger partial charge in [0.2, 0.25) is 10.0 Å². The lowest BCUT2D eigenvalue weighted by atomic mass is 10.2. The van der Waals surface area contributed by atoms with E-state index in [0.29, 0.717) is 21.3 Å². The van der Waals surface area contributed by atoms with Crippen LogP contribution in [0, 0.1) is 6.92 Å². The van der Waals surface area contributed by atoms with Gasteiger partial charge in [0, 0.05) is 17.7 Å². The van der Waals surface area contributed by atoms with Gasteiger partial charge in [-0.1, -0.05) is 15.9 Å². The van der Waals surface area contributed by atoms with E-state index in [2.05, 4.69) is 25.8 Å². The molecule has 0 aliphatic rings. The Morgan fingerprint density at radius 3 is 2.71 bits per heavy atom. The van der Waals surface area contributed by atoms with Crippen LogP contribution in [0.3, 0.4) is 0 Å². The van der Waals surface area contributed by atoms with Gasteiger partial charge in [0.05, 0.1) is 23.7 Å². The van der Waals surface area contributed by atoms with Crippen LogP contribution in [0.2, 0.25) is 0 Å². The maximum absolute atomic E-state index is 12.4. The molecule has 0 spiro atoms. The van der Waals surface area contributed by atoms with Crippen molar-refractivity contribution in [3.8, 4) is 0 Å². The van der Waals surface area contributed by atoms with Gasteiger partial charge in [0.15, 0.2) is 0 Å². The van der Waals surface area contributed by atoms with Crippen molar-refractivity contribution in [2.75, 3.05) is 0 Å². The third kappa shape index (κ3) is 3.70. The zero-order valence-electron chi connectivity index (χ0n) is 11.7. The minimum atomic E-state index is -3.68. The second-order valence-electron chi connectivity index (χ2n) is 4.66. The first kappa shape index (κ1) is 16.2. The summed E-state index contributed by atoms with van der Waals surface area (Å²) in [5.41, 5.74) is 1.77. The predicted molar refractivity (Wildman–Crippen MR) is 82.0 cm³/mol. The predicted octanol–water partition coefficient (Wildman–Crippen LogP) is 1.46. The van der Waals surface area contributed by atoms with Gasteiger partial charge in [0.1, 0.15) is 0 Å². The van der Waals surface area contributed by atoms with Gasteiger partial charge in [-0.25, -0.2) is 13.1 Å². The number of benzene rings is 1. The Balaban J connectivity index is 2.29. The molecule has 1 heterocycles. The fourth-order valence-corrected chi connectivity index (χ4v) is 3.83. The highest BCUT2D eigenvalue weighted by molar-refractivity contribution is 9.10. The Hall–Kier alpha value is -1.22. The highest BCUT2D eigenvalue weighted by Crippen LogP contribution is 2.26. The molecule has 1 aromatic heterocycles. The molecule has 0 atom stereocenters. The molecule has 0 bridgehead atoms. The van der Waals surface area contributed by atoms with Crippen LogP contribution in [0.5, 0.6) is 0 Å². The Bertz CT molecular complexity index is 756. The monoisotopic (exact) mass is 373 g/mol. The molecule has 0 radical (unpaired) electrons. The molecule has 0 unspecified atom stereocenters. The lowest BCUT2D eigenvalue weighted by Crippen LogP contribution is -2.24. The van der Waals surface area contributed by atoms with Crippen molar-refractivity contribution in [1.82, 2.24) is 14.5 Å². The summed E-state index contributed by atoms with van der Waals surface area (Å²) >= 11 is 3.31. The summed E-state index contributed by atoms with van der Waals surface area (Å²) in [6.45, 7) is 1.60. The normalized spacial score (nSPS) is 11.8. The zero-order valence-corrected chi connectivity index (χ0v) is 14.1. The van der Waals surface area contributed by atoms with Gasteiger partial charge in [-0.3, -0.25) is 4.68 Å². The number of hydrogen-bond donors (Lipinski definition) is 2. The summed E-state index contributed by atoms with van der Waals surface area (Å²) in [6, 6.07) is 4.92. The number of aliphatic hydroxyl groups is 1. The Labute approximate surface area is 132 Å². The lowest BCUT2D eigenvalue weighted by Gasteiger charge is -2.11. The van der Waals surface area contributed by atoms with Crippen LogP contribution in [0.25, 0.3) is 0 Å². The van der Waals surface area contributed by atoms with E-state index in [9.17, 15) is 13.5 Å². The molecule has 0 saturated heterocycles. The first-order valence-electron chi connectivity index (χ1n) is 6.21. The van der Waals surface area contributed by atoms with E-state index in [1.165, 1.54) is 6.07 Å². The molecule has 2 N–H and O–H groups in total. The van der Waals surface area contributed by atoms with Crippen LogP contribution in [0.15, 0.2) is 33.8 Å². The summed E-state index contributed by atoms with van der Waals surface area (Å²) in [7, 11) is -1.91. The SMILES string of the molecule is Cc1c(Br)cc(CO)cc1S(=O)(=O)NCc1ccn(C)n1. The average Bonchev–Trinajstić information content (AvgIpc) is 2.85. The van der Waals surface area contributed by atoms with E-state index in [1.807, 2.05) is 0 Å². The molecule has 6 nitrogen and oxygen atoms in total. The number of rotatable bonds is 5. The van der Waals surface area contributed by atoms with Gasteiger partial charge in [-0.05, 0) is 36.2 Å². The first-order chi connectivity index (χ1) is 9.83. The Morgan fingerprint density at radius 2 is 2.14 bits per heavy atom. The van der Waals surface area contributed by atoms with E-state index >= 15 is 0 Å².